The van der Waals surface area contributed by atoms with Gasteiger partial charge in [0.05, 0.1) is 6.54 Å². The number of amides is 1. The van der Waals surface area contributed by atoms with Crippen LogP contribution in [-0.4, -0.2) is 38.1 Å². The number of carbonyl (C=O) groups is 1. The highest BCUT2D eigenvalue weighted by Crippen LogP contribution is 2.22. The molecule has 3 aromatic rings. The van der Waals surface area contributed by atoms with Gasteiger partial charge in [-0.05, 0) is 47.2 Å². The summed E-state index contributed by atoms with van der Waals surface area (Å²) in [6.07, 6.45) is 1.78. The number of nitrogens with one attached hydrogen (secondary N) is 1. The molecule has 0 aliphatic carbocycles. The largest absolute Gasteiger partial charge is 0.492 e. The molecule has 0 bridgehead atoms. The Morgan fingerprint density at radius 2 is 1.92 bits per heavy atom. The zero-order chi connectivity index (χ0) is 17.6. The van der Waals surface area contributed by atoms with Crippen molar-refractivity contribution < 1.29 is 9.53 Å². The van der Waals surface area contributed by atoms with Crippen LogP contribution in [0.1, 0.15) is 10.4 Å². The number of pyridine rings is 1. The number of fused-ring (bicyclic) bond motifs is 1. The number of benzene rings is 2. The van der Waals surface area contributed by atoms with Crippen LogP contribution in [0.3, 0.4) is 0 Å². The molecular weight excluding hydrogens is 314 g/mol. The minimum absolute atomic E-state index is 0.0835. The van der Waals surface area contributed by atoms with E-state index in [2.05, 4.69) is 15.2 Å². The van der Waals surface area contributed by atoms with Crippen LogP contribution < -0.4 is 15.0 Å². The van der Waals surface area contributed by atoms with Gasteiger partial charge in [-0.2, -0.15) is 0 Å². The summed E-state index contributed by atoms with van der Waals surface area (Å²) in [5, 5.41) is 4.69. The molecule has 0 spiro atoms. The molecular formula is C20H21N3O2. The van der Waals surface area contributed by atoms with Gasteiger partial charge >= 0.3 is 0 Å². The average Bonchev–Trinajstić information content (AvgIpc) is 2.67. The standard InChI is InChI=1S/C20H21N3O2/c1-21-20(24)17-7-6-16-14-18(9-8-15(16)13-17)25-12-11-23(2)19-5-3-4-10-22-19/h3-10,13-14H,11-12H2,1-2H3,(H,21,24). The molecule has 25 heavy (non-hydrogen) atoms. The van der Waals surface area contributed by atoms with Gasteiger partial charge in [-0.25, -0.2) is 4.98 Å². The number of rotatable bonds is 6. The lowest BCUT2D eigenvalue weighted by Crippen LogP contribution is -2.24. The molecule has 1 aromatic heterocycles. The van der Waals surface area contributed by atoms with Crippen LogP contribution in [-0.2, 0) is 0 Å². The first-order chi connectivity index (χ1) is 12.2. The van der Waals surface area contributed by atoms with Crippen molar-refractivity contribution in [1.82, 2.24) is 10.3 Å². The van der Waals surface area contributed by atoms with Gasteiger partial charge in [0.1, 0.15) is 18.2 Å². The van der Waals surface area contributed by atoms with Crippen molar-refractivity contribution in [3.63, 3.8) is 0 Å². The third kappa shape index (κ3) is 4.07. The second-order valence-electron chi connectivity index (χ2n) is 5.76. The van der Waals surface area contributed by atoms with E-state index in [1.807, 2.05) is 61.6 Å². The Balaban J connectivity index is 1.63. The highest BCUT2D eigenvalue weighted by Gasteiger charge is 2.05. The molecule has 3 rings (SSSR count). The van der Waals surface area contributed by atoms with Gasteiger partial charge in [-0.3, -0.25) is 4.79 Å². The Morgan fingerprint density at radius 3 is 2.68 bits per heavy atom. The summed E-state index contributed by atoms with van der Waals surface area (Å²) in [6.45, 7) is 1.31. The van der Waals surface area contributed by atoms with Crippen molar-refractivity contribution in [3.8, 4) is 5.75 Å². The van der Waals surface area contributed by atoms with Crippen LogP contribution in [0.15, 0.2) is 60.8 Å². The fourth-order valence-electron chi connectivity index (χ4n) is 2.59. The quantitative estimate of drug-likeness (QED) is 0.752. The molecule has 2 aromatic carbocycles. The van der Waals surface area contributed by atoms with E-state index < -0.39 is 0 Å². The van der Waals surface area contributed by atoms with Crippen LogP contribution in [0.25, 0.3) is 10.8 Å². The normalized spacial score (nSPS) is 10.5. The third-order valence-corrected chi connectivity index (χ3v) is 4.04. The molecule has 0 saturated heterocycles. The summed E-state index contributed by atoms with van der Waals surface area (Å²) in [6, 6.07) is 17.4. The highest BCUT2D eigenvalue weighted by molar-refractivity contribution is 5.98. The average molecular weight is 335 g/mol. The summed E-state index contributed by atoms with van der Waals surface area (Å²) in [4.78, 5) is 18.1. The van der Waals surface area contributed by atoms with Gasteiger partial charge < -0.3 is 15.0 Å². The van der Waals surface area contributed by atoms with Gasteiger partial charge in [-0.15, -0.1) is 0 Å². The van der Waals surface area contributed by atoms with Gasteiger partial charge in [0.25, 0.3) is 5.91 Å². The minimum Gasteiger partial charge on any atom is -0.492 e. The Hall–Kier alpha value is -3.08. The maximum atomic E-state index is 11.7. The van der Waals surface area contributed by atoms with E-state index in [0.717, 1.165) is 28.9 Å². The Labute approximate surface area is 147 Å². The molecule has 5 nitrogen and oxygen atoms in total. The van der Waals surface area contributed by atoms with Crippen LogP contribution in [0, 0.1) is 0 Å². The lowest BCUT2D eigenvalue weighted by Gasteiger charge is -2.18. The molecule has 1 heterocycles. The molecule has 0 aliphatic heterocycles. The monoisotopic (exact) mass is 335 g/mol. The number of likely N-dealkylation sites (N-methyl/N-ethyl adjacent to an activating group) is 1. The van der Waals surface area contributed by atoms with E-state index >= 15 is 0 Å². The second kappa shape index (κ2) is 7.66. The van der Waals surface area contributed by atoms with Crippen LogP contribution in [0.5, 0.6) is 5.75 Å². The molecule has 0 unspecified atom stereocenters. The number of carbonyl (C=O) groups excluding carboxylic acids is 1. The summed E-state index contributed by atoms with van der Waals surface area (Å²) in [7, 11) is 3.62. The summed E-state index contributed by atoms with van der Waals surface area (Å²) in [5.41, 5.74) is 0.653. The number of anilines is 1. The van der Waals surface area contributed by atoms with E-state index in [-0.39, 0.29) is 5.91 Å². The lowest BCUT2D eigenvalue weighted by molar-refractivity contribution is 0.0963. The predicted molar refractivity (Wildman–Crippen MR) is 100 cm³/mol. The fraction of sp³-hybridized carbons (Fsp3) is 0.200. The number of nitrogens with zero attached hydrogens (tertiary/aromatic N) is 2. The number of hydrogen-bond acceptors (Lipinski definition) is 4. The zero-order valence-corrected chi connectivity index (χ0v) is 14.4. The minimum atomic E-state index is -0.0835. The molecule has 0 radical (unpaired) electrons. The van der Waals surface area contributed by atoms with Crippen LogP contribution in [0.2, 0.25) is 0 Å². The van der Waals surface area contributed by atoms with E-state index in [1.54, 1.807) is 13.2 Å². The smallest absolute Gasteiger partial charge is 0.251 e. The van der Waals surface area contributed by atoms with Gasteiger partial charge in [-0.1, -0.05) is 18.2 Å². The fourth-order valence-corrected chi connectivity index (χ4v) is 2.59. The maximum absolute atomic E-state index is 11.7. The first kappa shape index (κ1) is 16.8. The zero-order valence-electron chi connectivity index (χ0n) is 14.4. The first-order valence-electron chi connectivity index (χ1n) is 8.18. The molecule has 5 heteroatoms. The second-order valence-corrected chi connectivity index (χ2v) is 5.76. The van der Waals surface area contributed by atoms with Gasteiger partial charge in [0.2, 0.25) is 0 Å². The SMILES string of the molecule is CNC(=O)c1ccc2cc(OCCN(C)c3ccccn3)ccc2c1. The first-order valence-corrected chi connectivity index (χ1v) is 8.18. The van der Waals surface area contributed by atoms with E-state index in [0.29, 0.717) is 12.2 Å². The van der Waals surface area contributed by atoms with Crippen molar-refractivity contribution in [1.29, 1.82) is 0 Å². The van der Waals surface area contributed by atoms with Crippen molar-refractivity contribution in [2.45, 2.75) is 0 Å². The molecule has 0 fully saturated rings. The molecule has 1 amide bonds. The van der Waals surface area contributed by atoms with Gasteiger partial charge in [0.15, 0.2) is 0 Å². The molecule has 128 valence electrons. The third-order valence-electron chi connectivity index (χ3n) is 4.04. The topological polar surface area (TPSA) is 54.5 Å². The van der Waals surface area contributed by atoms with Crippen molar-refractivity contribution in [2.75, 3.05) is 32.1 Å². The lowest BCUT2D eigenvalue weighted by atomic mass is 10.1. The Bertz CT molecular complexity index is 865. The molecule has 0 atom stereocenters. The molecule has 0 saturated carbocycles. The van der Waals surface area contributed by atoms with Crippen molar-refractivity contribution in [3.05, 3.63) is 66.4 Å². The van der Waals surface area contributed by atoms with Crippen molar-refractivity contribution >= 4 is 22.5 Å². The predicted octanol–water partition coefficient (Wildman–Crippen LogP) is 3.11. The highest BCUT2D eigenvalue weighted by atomic mass is 16.5. The number of hydrogen-bond donors (Lipinski definition) is 1. The summed E-state index contributed by atoms with van der Waals surface area (Å²) >= 11 is 0. The number of aromatic nitrogens is 1. The van der Waals surface area contributed by atoms with Crippen molar-refractivity contribution in [2.24, 2.45) is 0 Å². The summed E-state index contributed by atoms with van der Waals surface area (Å²) in [5.74, 6) is 1.65. The number of ether oxygens (including phenoxy) is 1. The Morgan fingerprint density at radius 1 is 1.12 bits per heavy atom. The maximum Gasteiger partial charge on any atom is 0.251 e. The van der Waals surface area contributed by atoms with E-state index in [4.69, 9.17) is 4.74 Å². The van der Waals surface area contributed by atoms with Gasteiger partial charge in [0, 0.05) is 25.9 Å². The molecule has 1 N–H and O–H groups in total. The Kier molecular flexibility index (Phi) is 5.14. The van der Waals surface area contributed by atoms with Crippen LogP contribution >= 0.6 is 0 Å². The van der Waals surface area contributed by atoms with Crippen LogP contribution in [0.4, 0.5) is 5.82 Å². The van der Waals surface area contributed by atoms with E-state index in [9.17, 15) is 4.79 Å². The van der Waals surface area contributed by atoms with E-state index in [1.165, 1.54) is 0 Å². The molecule has 0 aliphatic rings. The summed E-state index contributed by atoms with van der Waals surface area (Å²) < 4.78 is 5.86.